The Balaban J connectivity index is 2.88. The molecular formula is C11H7Cl3N2O3. The van der Waals surface area contributed by atoms with Crippen molar-refractivity contribution in [2.24, 2.45) is 0 Å². The largest absolute Gasteiger partial charge is 0.494 e. The number of rotatable bonds is 1. The minimum absolute atomic E-state index is 0.0123. The predicted molar refractivity (Wildman–Crippen MR) is 74.1 cm³/mol. The third-order valence-corrected chi connectivity index (χ3v) is 3.57. The van der Waals surface area contributed by atoms with Gasteiger partial charge in [-0.25, -0.2) is 9.36 Å². The van der Waals surface area contributed by atoms with Crippen LogP contribution in [0.15, 0.2) is 21.7 Å². The standard InChI is InChI=1S/C11H7Cl3N2O3/c1-4-9(17)15-11(19)16(10(4)18)8-3-6(13)5(12)2-7(8)14/h2-3,18H,1H3,(H,15,17,19). The molecule has 1 aromatic heterocycles. The highest BCUT2D eigenvalue weighted by Gasteiger charge is 2.16. The minimum atomic E-state index is -0.826. The molecule has 1 aromatic carbocycles. The Bertz CT molecular complexity index is 780. The first kappa shape index (κ1) is 14.0. The van der Waals surface area contributed by atoms with E-state index in [4.69, 9.17) is 34.8 Å². The van der Waals surface area contributed by atoms with Crippen LogP contribution >= 0.6 is 34.8 Å². The maximum atomic E-state index is 11.8. The van der Waals surface area contributed by atoms with Gasteiger partial charge >= 0.3 is 5.69 Å². The number of aromatic hydroxyl groups is 1. The Labute approximate surface area is 122 Å². The molecule has 19 heavy (non-hydrogen) atoms. The molecule has 100 valence electrons. The van der Waals surface area contributed by atoms with Gasteiger partial charge in [0.1, 0.15) is 0 Å². The number of benzene rings is 1. The third kappa shape index (κ3) is 2.36. The lowest BCUT2D eigenvalue weighted by molar-refractivity contribution is 0.426. The van der Waals surface area contributed by atoms with Crippen molar-refractivity contribution < 1.29 is 5.11 Å². The second-order valence-electron chi connectivity index (χ2n) is 3.76. The van der Waals surface area contributed by atoms with Gasteiger partial charge in [-0.2, -0.15) is 0 Å². The van der Waals surface area contributed by atoms with Crippen LogP contribution in [0.5, 0.6) is 5.88 Å². The van der Waals surface area contributed by atoms with Gasteiger partial charge in [-0.1, -0.05) is 34.8 Å². The van der Waals surface area contributed by atoms with Crippen molar-refractivity contribution in [2.75, 3.05) is 0 Å². The van der Waals surface area contributed by atoms with Gasteiger partial charge in [-0.15, -0.1) is 0 Å². The van der Waals surface area contributed by atoms with E-state index in [0.717, 1.165) is 4.57 Å². The van der Waals surface area contributed by atoms with E-state index in [9.17, 15) is 14.7 Å². The van der Waals surface area contributed by atoms with Crippen LogP contribution in [0.4, 0.5) is 0 Å². The second kappa shape index (κ2) is 4.92. The summed E-state index contributed by atoms with van der Waals surface area (Å²) in [5, 5.41) is 10.4. The Morgan fingerprint density at radius 1 is 1.11 bits per heavy atom. The van der Waals surface area contributed by atoms with Crippen molar-refractivity contribution in [2.45, 2.75) is 6.92 Å². The molecular weight excluding hydrogens is 314 g/mol. The number of hydrogen-bond donors (Lipinski definition) is 2. The number of nitrogens with one attached hydrogen (secondary N) is 1. The topological polar surface area (TPSA) is 75.1 Å². The maximum absolute atomic E-state index is 11.8. The fraction of sp³-hybridized carbons (Fsp3) is 0.0909. The van der Waals surface area contributed by atoms with E-state index in [0.29, 0.717) is 0 Å². The van der Waals surface area contributed by atoms with Gasteiger partial charge in [-0.3, -0.25) is 9.78 Å². The van der Waals surface area contributed by atoms with Crippen molar-refractivity contribution in [1.29, 1.82) is 0 Å². The molecule has 0 aliphatic heterocycles. The van der Waals surface area contributed by atoms with Crippen molar-refractivity contribution in [3.05, 3.63) is 53.6 Å². The van der Waals surface area contributed by atoms with Crippen LogP contribution in [-0.2, 0) is 0 Å². The zero-order chi connectivity index (χ0) is 14.3. The molecule has 1 heterocycles. The molecule has 2 rings (SSSR count). The average Bonchev–Trinajstić information content (AvgIpc) is 2.33. The molecule has 0 saturated carbocycles. The number of hydrogen-bond acceptors (Lipinski definition) is 3. The summed E-state index contributed by atoms with van der Waals surface area (Å²) >= 11 is 17.6. The van der Waals surface area contributed by atoms with Crippen LogP contribution in [-0.4, -0.2) is 14.7 Å². The smallest absolute Gasteiger partial charge is 0.335 e. The molecule has 0 bridgehead atoms. The molecule has 0 aliphatic rings. The Kier molecular flexibility index (Phi) is 3.62. The van der Waals surface area contributed by atoms with Gasteiger partial charge in [-0.05, 0) is 19.1 Å². The summed E-state index contributed by atoms with van der Waals surface area (Å²) < 4.78 is 0.848. The van der Waals surface area contributed by atoms with E-state index >= 15 is 0 Å². The molecule has 2 N–H and O–H groups in total. The monoisotopic (exact) mass is 320 g/mol. The SMILES string of the molecule is Cc1c(O)n(-c2cc(Cl)c(Cl)cc2Cl)c(=O)[nH]c1=O. The molecule has 2 aromatic rings. The zero-order valence-corrected chi connectivity index (χ0v) is 11.8. The van der Waals surface area contributed by atoms with Crippen molar-refractivity contribution in [3.8, 4) is 11.6 Å². The summed E-state index contributed by atoms with van der Waals surface area (Å²) in [5.74, 6) is -0.506. The first-order valence-electron chi connectivity index (χ1n) is 5.02. The summed E-state index contributed by atoms with van der Waals surface area (Å²) in [6, 6.07) is 2.66. The van der Waals surface area contributed by atoms with Gasteiger partial charge in [0.2, 0.25) is 5.88 Å². The number of halogens is 3. The predicted octanol–water partition coefficient (Wildman–Crippen LogP) is 2.50. The molecule has 0 aliphatic carbocycles. The first-order valence-corrected chi connectivity index (χ1v) is 6.16. The Morgan fingerprint density at radius 2 is 1.68 bits per heavy atom. The highest BCUT2D eigenvalue weighted by molar-refractivity contribution is 6.43. The van der Waals surface area contributed by atoms with Crippen molar-refractivity contribution in [3.63, 3.8) is 0 Å². The molecule has 0 unspecified atom stereocenters. The number of nitrogens with zero attached hydrogens (tertiary/aromatic N) is 1. The quantitative estimate of drug-likeness (QED) is 0.792. The highest BCUT2D eigenvalue weighted by Crippen LogP contribution is 2.32. The molecule has 0 atom stereocenters. The lowest BCUT2D eigenvalue weighted by Crippen LogP contribution is -2.30. The summed E-state index contributed by atoms with van der Waals surface area (Å²) in [4.78, 5) is 25.2. The highest BCUT2D eigenvalue weighted by atomic mass is 35.5. The van der Waals surface area contributed by atoms with Crippen LogP contribution in [0, 0.1) is 6.92 Å². The fourth-order valence-electron chi connectivity index (χ4n) is 1.52. The molecule has 0 saturated heterocycles. The molecule has 0 amide bonds. The van der Waals surface area contributed by atoms with Crippen molar-refractivity contribution in [1.82, 2.24) is 9.55 Å². The summed E-state index contributed by atoms with van der Waals surface area (Å²) in [5.41, 5.74) is -1.39. The van der Waals surface area contributed by atoms with E-state index < -0.39 is 17.1 Å². The fourth-order valence-corrected chi connectivity index (χ4v) is 2.14. The molecule has 0 radical (unpaired) electrons. The third-order valence-electron chi connectivity index (χ3n) is 2.54. The van der Waals surface area contributed by atoms with Crippen LogP contribution in [0.3, 0.4) is 0 Å². The van der Waals surface area contributed by atoms with Crippen LogP contribution < -0.4 is 11.2 Å². The molecule has 5 nitrogen and oxygen atoms in total. The Morgan fingerprint density at radius 3 is 2.32 bits per heavy atom. The lowest BCUT2D eigenvalue weighted by Gasteiger charge is -2.12. The summed E-state index contributed by atoms with van der Waals surface area (Å²) in [6.07, 6.45) is 0. The van der Waals surface area contributed by atoms with E-state index in [1.54, 1.807) is 0 Å². The van der Waals surface area contributed by atoms with Crippen LogP contribution in [0.25, 0.3) is 5.69 Å². The molecule has 0 spiro atoms. The van der Waals surface area contributed by atoms with E-state index in [2.05, 4.69) is 4.98 Å². The molecule has 0 fully saturated rings. The van der Waals surface area contributed by atoms with Crippen LogP contribution in [0.2, 0.25) is 15.1 Å². The van der Waals surface area contributed by atoms with Crippen LogP contribution in [0.1, 0.15) is 5.56 Å². The van der Waals surface area contributed by atoms with Gasteiger partial charge in [0.05, 0.1) is 26.3 Å². The second-order valence-corrected chi connectivity index (χ2v) is 4.98. The van der Waals surface area contributed by atoms with Gasteiger partial charge in [0.15, 0.2) is 0 Å². The van der Waals surface area contributed by atoms with E-state index in [-0.39, 0.29) is 26.3 Å². The number of H-pyrrole nitrogens is 1. The summed E-state index contributed by atoms with van der Waals surface area (Å²) in [6.45, 7) is 1.37. The Hall–Kier alpha value is -1.43. The first-order chi connectivity index (χ1) is 8.82. The normalized spacial score (nSPS) is 10.7. The van der Waals surface area contributed by atoms with Gasteiger partial charge in [0, 0.05) is 0 Å². The van der Waals surface area contributed by atoms with Crippen molar-refractivity contribution >= 4 is 34.8 Å². The van der Waals surface area contributed by atoms with Gasteiger partial charge in [0.25, 0.3) is 5.56 Å². The minimum Gasteiger partial charge on any atom is -0.494 e. The maximum Gasteiger partial charge on any atom is 0.335 e. The zero-order valence-electron chi connectivity index (χ0n) is 9.50. The summed E-state index contributed by atoms with van der Waals surface area (Å²) in [7, 11) is 0. The van der Waals surface area contributed by atoms with Gasteiger partial charge < -0.3 is 5.11 Å². The lowest BCUT2D eigenvalue weighted by atomic mass is 10.3. The molecule has 8 heteroatoms. The number of aromatic nitrogens is 2. The number of aromatic amines is 1. The average molecular weight is 322 g/mol. The van der Waals surface area contributed by atoms with E-state index in [1.165, 1.54) is 19.1 Å². The van der Waals surface area contributed by atoms with E-state index in [1.807, 2.05) is 0 Å².